The van der Waals surface area contributed by atoms with Crippen molar-refractivity contribution in [2.45, 2.75) is 44.8 Å². The van der Waals surface area contributed by atoms with E-state index >= 15 is 0 Å². The summed E-state index contributed by atoms with van der Waals surface area (Å²) in [5, 5.41) is 6.83. The second-order valence-corrected chi connectivity index (χ2v) is 9.80. The molecule has 0 spiro atoms. The summed E-state index contributed by atoms with van der Waals surface area (Å²) >= 11 is 6.45. The Kier molecular flexibility index (Phi) is 7.67. The van der Waals surface area contributed by atoms with Crippen molar-refractivity contribution in [3.63, 3.8) is 0 Å². The average Bonchev–Trinajstić information content (AvgIpc) is 3.23. The molecule has 192 valence electrons. The van der Waals surface area contributed by atoms with E-state index in [1.54, 1.807) is 17.2 Å². The molecule has 0 saturated carbocycles. The molecule has 5 rings (SSSR count). The van der Waals surface area contributed by atoms with Crippen molar-refractivity contribution in [1.82, 2.24) is 20.2 Å². The number of carbonyl (C=O) groups excluding carboxylic acids is 2. The monoisotopic (exact) mass is 519 g/mol. The van der Waals surface area contributed by atoms with Gasteiger partial charge < -0.3 is 20.3 Å². The van der Waals surface area contributed by atoms with Crippen LogP contribution >= 0.6 is 11.6 Å². The number of anilines is 1. The molecule has 0 aliphatic carbocycles. The zero-order valence-corrected chi connectivity index (χ0v) is 21.5. The van der Waals surface area contributed by atoms with Gasteiger partial charge in [-0.3, -0.25) is 9.59 Å². The molecule has 1 atom stereocenters. The van der Waals surface area contributed by atoms with Gasteiger partial charge in [0, 0.05) is 36.9 Å². The number of fused-ring (bicyclic) bond motifs is 1. The summed E-state index contributed by atoms with van der Waals surface area (Å²) < 4.78 is 5.42. The zero-order chi connectivity index (χ0) is 25.8. The van der Waals surface area contributed by atoms with E-state index in [1.807, 2.05) is 49.4 Å². The van der Waals surface area contributed by atoms with Crippen molar-refractivity contribution in [1.29, 1.82) is 0 Å². The van der Waals surface area contributed by atoms with E-state index in [-0.39, 0.29) is 30.4 Å². The van der Waals surface area contributed by atoms with Gasteiger partial charge in [0.05, 0.1) is 23.0 Å². The van der Waals surface area contributed by atoms with Crippen LogP contribution < -0.4 is 10.6 Å². The van der Waals surface area contributed by atoms with Crippen molar-refractivity contribution >= 4 is 29.4 Å². The minimum absolute atomic E-state index is 0.000383. The Morgan fingerprint density at radius 1 is 1.19 bits per heavy atom. The summed E-state index contributed by atoms with van der Waals surface area (Å²) in [6, 6.07) is 15.6. The molecule has 2 aromatic carbocycles. The lowest BCUT2D eigenvalue weighted by Crippen LogP contribution is -2.39. The van der Waals surface area contributed by atoms with E-state index in [0.29, 0.717) is 42.0 Å². The highest BCUT2D eigenvalue weighted by molar-refractivity contribution is 6.33. The molecule has 8 nitrogen and oxygen atoms in total. The number of hydrogen-bond donors (Lipinski definition) is 2. The van der Waals surface area contributed by atoms with Crippen LogP contribution in [0, 0.1) is 0 Å². The van der Waals surface area contributed by atoms with Gasteiger partial charge in [-0.25, -0.2) is 9.97 Å². The molecular formula is C28H30ClN5O3. The summed E-state index contributed by atoms with van der Waals surface area (Å²) in [5.74, 6) is 0.144. The van der Waals surface area contributed by atoms with Crippen LogP contribution in [0.1, 0.15) is 53.7 Å². The Hall–Kier alpha value is -3.49. The van der Waals surface area contributed by atoms with Crippen LogP contribution in [0.4, 0.5) is 5.95 Å². The van der Waals surface area contributed by atoms with E-state index < -0.39 is 0 Å². The van der Waals surface area contributed by atoms with Gasteiger partial charge in [-0.05, 0) is 36.5 Å². The Bertz CT molecular complexity index is 1280. The average molecular weight is 520 g/mol. The Balaban J connectivity index is 1.28. The van der Waals surface area contributed by atoms with E-state index in [2.05, 4.69) is 20.6 Å². The number of aromatic nitrogens is 2. The standard InChI is InChI=1S/C28H30ClN5O3/c1-2-24(18-6-4-3-5-7-18)32-25(35)17-34-16-20-9-8-19(14-22(20)27(34)36)26-23(29)15-30-28(33-26)31-21-10-12-37-13-11-21/h3-9,14-15,21,24H,2,10-13,16-17H2,1H3,(H,32,35)(H,30,31,33)/t24-/m1/s1. The maximum Gasteiger partial charge on any atom is 0.254 e. The molecule has 0 radical (unpaired) electrons. The van der Waals surface area contributed by atoms with Gasteiger partial charge in [-0.1, -0.05) is 61.0 Å². The number of nitrogens with one attached hydrogen (secondary N) is 2. The van der Waals surface area contributed by atoms with Crippen molar-refractivity contribution in [3.05, 3.63) is 76.4 Å². The van der Waals surface area contributed by atoms with Gasteiger partial charge >= 0.3 is 0 Å². The molecule has 2 amide bonds. The summed E-state index contributed by atoms with van der Waals surface area (Å²) in [4.78, 5) is 36.6. The molecule has 3 heterocycles. The van der Waals surface area contributed by atoms with Crippen LogP contribution in [0.25, 0.3) is 11.3 Å². The van der Waals surface area contributed by atoms with E-state index in [9.17, 15) is 9.59 Å². The predicted molar refractivity (Wildman–Crippen MR) is 142 cm³/mol. The van der Waals surface area contributed by atoms with Crippen LogP contribution in [0.5, 0.6) is 0 Å². The molecule has 2 N–H and O–H groups in total. The molecule has 2 aliphatic rings. The topological polar surface area (TPSA) is 96.5 Å². The van der Waals surface area contributed by atoms with Crippen molar-refractivity contribution in [2.24, 2.45) is 0 Å². The molecule has 1 fully saturated rings. The number of amides is 2. The number of nitrogens with zero attached hydrogens (tertiary/aromatic N) is 3. The number of rotatable bonds is 8. The van der Waals surface area contributed by atoms with Crippen LogP contribution in [-0.4, -0.2) is 52.5 Å². The Labute approximate surface area is 221 Å². The van der Waals surface area contributed by atoms with Gasteiger partial charge in [-0.2, -0.15) is 0 Å². The van der Waals surface area contributed by atoms with Crippen LogP contribution in [0.3, 0.4) is 0 Å². The minimum atomic E-state index is -0.181. The largest absolute Gasteiger partial charge is 0.381 e. The molecule has 0 unspecified atom stereocenters. The first-order chi connectivity index (χ1) is 18.0. The SMILES string of the molecule is CC[C@@H](NC(=O)CN1Cc2ccc(-c3nc(NC4CCOCC4)ncc3Cl)cc2C1=O)c1ccccc1. The molecule has 2 aliphatic heterocycles. The lowest BCUT2D eigenvalue weighted by molar-refractivity contribution is -0.122. The minimum Gasteiger partial charge on any atom is -0.381 e. The van der Waals surface area contributed by atoms with Crippen molar-refractivity contribution in [2.75, 3.05) is 25.1 Å². The highest BCUT2D eigenvalue weighted by atomic mass is 35.5. The molecule has 3 aromatic rings. The highest BCUT2D eigenvalue weighted by Crippen LogP contribution is 2.31. The van der Waals surface area contributed by atoms with Gasteiger partial charge in [0.25, 0.3) is 5.91 Å². The summed E-state index contributed by atoms with van der Waals surface area (Å²) in [5.41, 5.74) is 3.78. The first-order valence-corrected chi connectivity index (χ1v) is 13.0. The van der Waals surface area contributed by atoms with Gasteiger partial charge in [-0.15, -0.1) is 0 Å². The van der Waals surface area contributed by atoms with Gasteiger partial charge in [0.1, 0.15) is 6.54 Å². The quantitative estimate of drug-likeness (QED) is 0.451. The normalized spacial score (nSPS) is 16.4. The van der Waals surface area contributed by atoms with Gasteiger partial charge in [0.15, 0.2) is 0 Å². The second kappa shape index (κ2) is 11.3. The third-order valence-corrected chi connectivity index (χ3v) is 7.12. The summed E-state index contributed by atoms with van der Waals surface area (Å²) in [6.45, 7) is 3.84. The van der Waals surface area contributed by atoms with Crippen LogP contribution in [-0.2, 0) is 16.1 Å². The van der Waals surface area contributed by atoms with Crippen LogP contribution in [0.2, 0.25) is 5.02 Å². The summed E-state index contributed by atoms with van der Waals surface area (Å²) in [7, 11) is 0. The van der Waals surface area contributed by atoms with Crippen LogP contribution in [0.15, 0.2) is 54.7 Å². The van der Waals surface area contributed by atoms with Crippen molar-refractivity contribution < 1.29 is 14.3 Å². The first kappa shape index (κ1) is 25.2. The lowest BCUT2D eigenvalue weighted by Gasteiger charge is -2.23. The number of halogens is 1. The second-order valence-electron chi connectivity index (χ2n) is 9.39. The fourth-order valence-electron chi connectivity index (χ4n) is 4.82. The molecule has 1 aromatic heterocycles. The number of hydrogen-bond acceptors (Lipinski definition) is 6. The number of ether oxygens (including phenoxy) is 1. The lowest BCUT2D eigenvalue weighted by atomic mass is 10.0. The maximum absolute atomic E-state index is 13.2. The Morgan fingerprint density at radius 3 is 2.73 bits per heavy atom. The van der Waals surface area contributed by atoms with E-state index in [0.717, 1.165) is 36.0 Å². The molecule has 9 heteroatoms. The smallest absolute Gasteiger partial charge is 0.254 e. The summed E-state index contributed by atoms with van der Waals surface area (Å²) in [6.07, 6.45) is 4.12. The third kappa shape index (κ3) is 5.76. The predicted octanol–water partition coefficient (Wildman–Crippen LogP) is 4.61. The number of benzene rings is 2. The van der Waals surface area contributed by atoms with Gasteiger partial charge in [0.2, 0.25) is 11.9 Å². The third-order valence-electron chi connectivity index (χ3n) is 6.84. The Morgan fingerprint density at radius 2 is 1.97 bits per heavy atom. The molecule has 0 bridgehead atoms. The first-order valence-electron chi connectivity index (χ1n) is 12.7. The fourth-order valence-corrected chi connectivity index (χ4v) is 5.02. The molecular weight excluding hydrogens is 490 g/mol. The molecule has 1 saturated heterocycles. The maximum atomic E-state index is 13.2. The van der Waals surface area contributed by atoms with E-state index in [4.69, 9.17) is 16.3 Å². The van der Waals surface area contributed by atoms with E-state index in [1.165, 1.54) is 0 Å². The fraction of sp³-hybridized carbons (Fsp3) is 0.357. The highest BCUT2D eigenvalue weighted by Gasteiger charge is 2.30. The number of carbonyl (C=O) groups is 2. The van der Waals surface area contributed by atoms with Crippen molar-refractivity contribution in [3.8, 4) is 11.3 Å². The molecule has 37 heavy (non-hydrogen) atoms. The zero-order valence-electron chi connectivity index (χ0n) is 20.7.